The molecule has 1 N–H and O–H groups in total. The van der Waals surface area contributed by atoms with Crippen LogP contribution in [0.15, 0.2) is 29.6 Å². The summed E-state index contributed by atoms with van der Waals surface area (Å²) in [6.07, 6.45) is -6.21. The fraction of sp³-hybridized carbons (Fsp3) is 0.450. The van der Waals surface area contributed by atoms with E-state index in [9.17, 15) is 27.9 Å². The highest BCUT2D eigenvalue weighted by molar-refractivity contribution is 7.09. The molecule has 1 aromatic heterocycles. The summed E-state index contributed by atoms with van der Waals surface area (Å²) in [6.45, 7) is 3.36. The molecular weight excluding hydrogens is 419 g/mol. The molecule has 6 nitrogen and oxygen atoms in total. The van der Waals surface area contributed by atoms with Crippen molar-refractivity contribution in [3.8, 4) is 0 Å². The van der Waals surface area contributed by atoms with Crippen molar-refractivity contribution in [2.75, 3.05) is 20.6 Å². The number of halogens is 3. The SMILES string of the molecule is CCN(Cc1ccc(C(=O)N(C)C)cc1)C(=O)CC(O)(c1nc(C)cs1)C(F)(F)F. The Morgan fingerprint density at radius 2 is 1.77 bits per heavy atom. The Morgan fingerprint density at radius 3 is 2.20 bits per heavy atom. The second-order valence-corrected chi connectivity index (χ2v) is 7.99. The number of amides is 2. The average molecular weight is 443 g/mol. The number of aryl methyl sites for hydroxylation is 1. The molecule has 0 radical (unpaired) electrons. The topological polar surface area (TPSA) is 73.7 Å². The summed E-state index contributed by atoms with van der Waals surface area (Å²) in [7, 11) is 3.25. The van der Waals surface area contributed by atoms with Gasteiger partial charge in [-0.25, -0.2) is 4.98 Å². The lowest BCUT2D eigenvalue weighted by Crippen LogP contribution is -2.47. The van der Waals surface area contributed by atoms with Gasteiger partial charge in [-0.05, 0) is 31.5 Å². The molecule has 164 valence electrons. The van der Waals surface area contributed by atoms with E-state index in [1.807, 2.05) is 0 Å². The number of carbonyl (C=O) groups excluding carboxylic acids is 2. The normalized spacial score (nSPS) is 13.6. The van der Waals surface area contributed by atoms with Crippen molar-refractivity contribution in [1.82, 2.24) is 14.8 Å². The molecule has 0 spiro atoms. The number of nitrogens with zero attached hydrogens (tertiary/aromatic N) is 3. The number of benzene rings is 1. The Bertz CT molecular complexity index is 897. The number of hydrogen-bond donors (Lipinski definition) is 1. The van der Waals surface area contributed by atoms with Gasteiger partial charge >= 0.3 is 6.18 Å². The van der Waals surface area contributed by atoms with Gasteiger partial charge in [0, 0.05) is 43.8 Å². The van der Waals surface area contributed by atoms with E-state index in [0.717, 1.165) is 0 Å². The Hall–Kier alpha value is -2.46. The van der Waals surface area contributed by atoms with Gasteiger partial charge in [-0.3, -0.25) is 9.59 Å². The molecule has 0 saturated heterocycles. The monoisotopic (exact) mass is 443 g/mol. The third-order valence-corrected chi connectivity index (χ3v) is 5.67. The van der Waals surface area contributed by atoms with Crippen LogP contribution >= 0.6 is 11.3 Å². The quantitative estimate of drug-likeness (QED) is 0.712. The molecule has 2 aromatic rings. The first-order valence-electron chi connectivity index (χ1n) is 9.19. The smallest absolute Gasteiger partial charge is 0.374 e. The van der Waals surface area contributed by atoms with Crippen LogP contribution in [-0.4, -0.2) is 58.5 Å². The van der Waals surface area contributed by atoms with Gasteiger partial charge in [0.1, 0.15) is 5.01 Å². The van der Waals surface area contributed by atoms with Crippen LogP contribution in [0.25, 0.3) is 0 Å². The Morgan fingerprint density at radius 1 is 1.17 bits per heavy atom. The highest BCUT2D eigenvalue weighted by Crippen LogP contribution is 2.43. The number of hydrogen-bond acceptors (Lipinski definition) is 5. The second-order valence-electron chi connectivity index (χ2n) is 7.13. The minimum Gasteiger partial charge on any atom is -0.374 e. The van der Waals surface area contributed by atoms with Gasteiger partial charge in [0.05, 0.1) is 6.42 Å². The van der Waals surface area contributed by atoms with Gasteiger partial charge in [0.25, 0.3) is 5.91 Å². The average Bonchev–Trinajstić information content (AvgIpc) is 3.11. The molecular formula is C20H24F3N3O3S. The zero-order valence-electron chi connectivity index (χ0n) is 17.2. The molecule has 0 aliphatic heterocycles. The standard InChI is InChI=1S/C20H24F3N3O3S/c1-5-26(11-14-6-8-15(9-7-14)17(28)25(3)4)16(27)10-19(29,20(21,22)23)18-24-13(2)12-30-18/h6-9,12,29H,5,10-11H2,1-4H3. The lowest BCUT2D eigenvalue weighted by Gasteiger charge is -2.30. The molecule has 1 heterocycles. The van der Waals surface area contributed by atoms with Crippen molar-refractivity contribution in [3.05, 3.63) is 51.5 Å². The van der Waals surface area contributed by atoms with E-state index in [2.05, 4.69) is 4.98 Å². The molecule has 0 aliphatic rings. The van der Waals surface area contributed by atoms with E-state index < -0.39 is 29.1 Å². The first-order valence-corrected chi connectivity index (χ1v) is 10.1. The van der Waals surface area contributed by atoms with Crippen LogP contribution in [0.1, 0.15) is 40.0 Å². The fourth-order valence-corrected chi connectivity index (χ4v) is 3.69. The van der Waals surface area contributed by atoms with Crippen molar-refractivity contribution in [2.45, 2.75) is 38.6 Å². The minimum absolute atomic E-state index is 0.0522. The van der Waals surface area contributed by atoms with Crippen LogP contribution in [0.2, 0.25) is 0 Å². The molecule has 10 heteroatoms. The van der Waals surface area contributed by atoms with E-state index in [0.29, 0.717) is 28.2 Å². The van der Waals surface area contributed by atoms with Crippen LogP contribution in [0.4, 0.5) is 13.2 Å². The zero-order valence-corrected chi connectivity index (χ0v) is 18.0. The predicted molar refractivity (Wildman–Crippen MR) is 107 cm³/mol. The van der Waals surface area contributed by atoms with Gasteiger partial charge in [0.2, 0.25) is 11.5 Å². The lowest BCUT2D eigenvalue weighted by atomic mass is 9.98. The molecule has 2 amide bonds. The Labute approximate surface area is 176 Å². The maximum Gasteiger partial charge on any atom is 0.424 e. The van der Waals surface area contributed by atoms with Gasteiger partial charge in [0.15, 0.2) is 0 Å². The van der Waals surface area contributed by atoms with E-state index in [1.54, 1.807) is 45.3 Å². The summed E-state index contributed by atoms with van der Waals surface area (Å²) in [6, 6.07) is 6.49. The van der Waals surface area contributed by atoms with E-state index in [1.165, 1.54) is 22.1 Å². The van der Waals surface area contributed by atoms with Crippen molar-refractivity contribution >= 4 is 23.2 Å². The minimum atomic E-state index is -5.06. The molecule has 1 atom stereocenters. The lowest BCUT2D eigenvalue weighted by molar-refractivity contribution is -0.268. The number of aliphatic hydroxyl groups is 1. The van der Waals surface area contributed by atoms with Gasteiger partial charge < -0.3 is 14.9 Å². The molecule has 0 aliphatic carbocycles. The first kappa shape index (κ1) is 23.8. The van der Waals surface area contributed by atoms with E-state index in [4.69, 9.17) is 0 Å². The van der Waals surface area contributed by atoms with Gasteiger partial charge in [-0.15, -0.1) is 11.3 Å². The van der Waals surface area contributed by atoms with Crippen LogP contribution in [-0.2, 0) is 16.9 Å². The van der Waals surface area contributed by atoms with Gasteiger partial charge in [-0.2, -0.15) is 13.2 Å². The number of alkyl halides is 3. The van der Waals surface area contributed by atoms with Crippen molar-refractivity contribution in [2.24, 2.45) is 0 Å². The second kappa shape index (κ2) is 9.13. The maximum atomic E-state index is 13.6. The molecule has 0 bridgehead atoms. The van der Waals surface area contributed by atoms with Crippen LogP contribution in [0.3, 0.4) is 0 Å². The molecule has 0 saturated carbocycles. The highest BCUT2D eigenvalue weighted by atomic mass is 32.1. The van der Waals surface area contributed by atoms with Crippen LogP contribution in [0, 0.1) is 6.92 Å². The van der Waals surface area contributed by atoms with Gasteiger partial charge in [-0.1, -0.05) is 12.1 Å². The summed E-state index contributed by atoms with van der Waals surface area (Å²) in [5.74, 6) is -1.03. The van der Waals surface area contributed by atoms with E-state index in [-0.39, 0.29) is 19.0 Å². The Kier molecular flexibility index (Phi) is 7.25. The number of aromatic nitrogens is 1. The summed E-state index contributed by atoms with van der Waals surface area (Å²) >= 11 is 0.667. The van der Waals surface area contributed by atoms with Crippen LogP contribution in [0.5, 0.6) is 0 Å². The van der Waals surface area contributed by atoms with Crippen LogP contribution < -0.4 is 0 Å². The molecule has 1 aromatic carbocycles. The third kappa shape index (κ3) is 5.17. The summed E-state index contributed by atoms with van der Waals surface area (Å²) in [5.41, 5.74) is -1.90. The predicted octanol–water partition coefficient (Wildman–Crippen LogP) is 3.34. The number of thiazole rings is 1. The fourth-order valence-electron chi connectivity index (χ4n) is 2.78. The largest absolute Gasteiger partial charge is 0.424 e. The maximum absolute atomic E-state index is 13.6. The van der Waals surface area contributed by atoms with E-state index >= 15 is 0 Å². The Balaban J connectivity index is 2.19. The highest BCUT2D eigenvalue weighted by Gasteiger charge is 2.58. The number of carbonyl (C=O) groups is 2. The summed E-state index contributed by atoms with van der Waals surface area (Å²) in [4.78, 5) is 31.0. The summed E-state index contributed by atoms with van der Waals surface area (Å²) < 4.78 is 40.9. The van der Waals surface area contributed by atoms with Crippen molar-refractivity contribution in [1.29, 1.82) is 0 Å². The molecule has 2 rings (SSSR count). The molecule has 30 heavy (non-hydrogen) atoms. The number of rotatable bonds is 7. The van der Waals surface area contributed by atoms with Crippen molar-refractivity contribution in [3.63, 3.8) is 0 Å². The summed E-state index contributed by atoms with van der Waals surface area (Å²) in [5, 5.41) is 11.2. The first-order chi connectivity index (χ1) is 13.9. The third-order valence-electron chi connectivity index (χ3n) is 4.56. The van der Waals surface area contributed by atoms with Crippen molar-refractivity contribution < 1.29 is 27.9 Å². The molecule has 0 fully saturated rings. The zero-order chi connectivity index (χ0) is 22.7. The molecule has 1 unspecified atom stereocenters.